The molecule has 1 amide bonds. The van der Waals surface area contributed by atoms with E-state index in [1.54, 1.807) is 6.07 Å². The monoisotopic (exact) mass is 457 g/mol. The number of amides is 1. The van der Waals surface area contributed by atoms with Crippen LogP contribution in [-0.2, 0) is 9.59 Å². The average molecular weight is 458 g/mol. The Kier molecular flexibility index (Phi) is 7.42. The zero-order chi connectivity index (χ0) is 20.1. The second-order valence-corrected chi connectivity index (χ2v) is 7.85. The van der Waals surface area contributed by atoms with Crippen molar-refractivity contribution in [1.29, 1.82) is 0 Å². The van der Waals surface area contributed by atoms with E-state index in [0.29, 0.717) is 15.8 Å². The fourth-order valence-electron chi connectivity index (χ4n) is 2.16. The molecule has 1 fully saturated rings. The van der Waals surface area contributed by atoms with E-state index < -0.39 is 24.2 Å². The number of thioether (sulfide) groups is 1. The molecule has 1 aliphatic heterocycles. The summed E-state index contributed by atoms with van der Waals surface area (Å²) in [5.74, 6) is -1.19. The summed E-state index contributed by atoms with van der Waals surface area (Å²) >= 11 is 4.32. The largest absolute Gasteiger partial charge is 0.492 e. The fraction of sp³-hybridized carbons (Fsp3) is 0.333. The lowest BCUT2D eigenvalue weighted by molar-refractivity contribution is -0.138. The first kappa shape index (κ1) is 21.4. The number of amidine groups is 1. The van der Waals surface area contributed by atoms with Crippen LogP contribution in [0.4, 0.5) is 0 Å². The molecule has 0 bridgehead atoms. The summed E-state index contributed by atoms with van der Waals surface area (Å²) in [4.78, 5) is 22.3. The Morgan fingerprint density at radius 1 is 1.48 bits per heavy atom. The predicted molar refractivity (Wildman–Crippen MR) is 107 cm³/mol. The zero-order valence-electron chi connectivity index (χ0n) is 14.4. The van der Waals surface area contributed by atoms with Gasteiger partial charge in [-0.1, -0.05) is 11.8 Å². The maximum atomic E-state index is 11.6. The van der Waals surface area contributed by atoms with Crippen LogP contribution < -0.4 is 15.5 Å². The van der Waals surface area contributed by atoms with Crippen LogP contribution in [0.25, 0.3) is 0 Å². The molecule has 0 saturated carbocycles. The number of carbonyl (C=O) groups is 2. The number of benzene rings is 1. The number of carboxylic acid groups (broad SMARTS) is 1. The second kappa shape index (κ2) is 9.35. The minimum absolute atomic E-state index is 0.161. The lowest BCUT2D eigenvalue weighted by atomic mass is 9.78. The molecule has 4 N–H and O–H groups in total. The third-order valence-electron chi connectivity index (χ3n) is 3.22. The minimum atomic E-state index is -1.74. The van der Waals surface area contributed by atoms with Gasteiger partial charge in [-0.05, 0) is 47.5 Å². The van der Waals surface area contributed by atoms with Gasteiger partial charge in [-0.2, -0.15) is 5.10 Å². The molecule has 1 atom stereocenters. The summed E-state index contributed by atoms with van der Waals surface area (Å²) < 4.78 is 6.11. The van der Waals surface area contributed by atoms with Gasteiger partial charge in [0.2, 0.25) is 5.91 Å². The van der Waals surface area contributed by atoms with Gasteiger partial charge in [0.15, 0.2) is 5.17 Å². The van der Waals surface area contributed by atoms with E-state index in [0.717, 1.165) is 11.8 Å². The molecule has 27 heavy (non-hydrogen) atoms. The summed E-state index contributed by atoms with van der Waals surface area (Å²) in [7, 11) is -1.74. The Morgan fingerprint density at radius 2 is 2.19 bits per heavy atom. The number of carboxylic acids is 1. The Morgan fingerprint density at radius 3 is 2.78 bits per heavy atom. The van der Waals surface area contributed by atoms with Gasteiger partial charge in [-0.25, -0.2) is 0 Å². The molecule has 1 aliphatic rings. The predicted octanol–water partition coefficient (Wildman–Crippen LogP) is 0.312. The van der Waals surface area contributed by atoms with E-state index in [9.17, 15) is 19.6 Å². The van der Waals surface area contributed by atoms with Gasteiger partial charge in [0.1, 0.15) is 11.0 Å². The molecule has 0 aromatic heterocycles. The van der Waals surface area contributed by atoms with Crippen LogP contribution in [0.15, 0.2) is 26.8 Å². The van der Waals surface area contributed by atoms with Crippen LogP contribution in [0.1, 0.15) is 25.8 Å². The standard InChI is InChI=1S/C15H17BBrN3O6S/c1-7(2)26-13-9(16(24)25)3-8(4-10(13)17)6-18-20-15-19-14(23)11(27-15)5-12(21)22/h3-4,6-7,11,24-25H,5H2,1-2H3,(H,21,22)(H,19,20,23). The first-order valence-corrected chi connectivity index (χ1v) is 9.51. The second-order valence-electron chi connectivity index (χ2n) is 5.80. The molecule has 1 aromatic rings. The van der Waals surface area contributed by atoms with Gasteiger partial charge < -0.3 is 25.2 Å². The Bertz CT molecular complexity index is 802. The molecule has 2 rings (SSSR count). The van der Waals surface area contributed by atoms with Crippen LogP contribution in [0.2, 0.25) is 0 Å². The molecule has 1 aromatic carbocycles. The number of halogens is 1. The van der Waals surface area contributed by atoms with Gasteiger partial charge in [-0.15, -0.1) is 5.10 Å². The number of rotatable bonds is 7. The first-order valence-electron chi connectivity index (χ1n) is 7.84. The molecule has 0 radical (unpaired) electrons. The molecule has 1 saturated heterocycles. The fourth-order valence-corrected chi connectivity index (χ4v) is 3.66. The van der Waals surface area contributed by atoms with Crippen LogP contribution in [0, 0.1) is 0 Å². The molecule has 12 heteroatoms. The van der Waals surface area contributed by atoms with Crippen molar-refractivity contribution in [2.24, 2.45) is 10.2 Å². The van der Waals surface area contributed by atoms with E-state index in [-0.39, 0.29) is 23.2 Å². The number of hydrogen-bond donors (Lipinski definition) is 4. The number of nitrogens with zero attached hydrogens (tertiary/aromatic N) is 2. The van der Waals surface area contributed by atoms with Crippen LogP contribution in [0.3, 0.4) is 0 Å². The SMILES string of the molecule is CC(C)Oc1c(Br)cc(C=NN=C2NC(=O)C(CC(=O)O)S2)cc1B(O)O. The van der Waals surface area contributed by atoms with Crippen molar-refractivity contribution in [3.63, 3.8) is 0 Å². The van der Waals surface area contributed by atoms with Crippen LogP contribution in [-0.4, -0.2) is 56.9 Å². The van der Waals surface area contributed by atoms with Crippen molar-refractivity contribution >= 4 is 63.5 Å². The molecular formula is C15H17BBrN3O6S. The number of ether oxygens (including phenoxy) is 1. The first-order chi connectivity index (χ1) is 12.7. The summed E-state index contributed by atoms with van der Waals surface area (Å²) in [5, 5.41) is 37.5. The van der Waals surface area contributed by atoms with E-state index in [1.165, 1.54) is 12.3 Å². The third-order valence-corrected chi connectivity index (χ3v) is 4.88. The maximum Gasteiger partial charge on any atom is 0.492 e. The van der Waals surface area contributed by atoms with Gasteiger partial charge >= 0.3 is 13.1 Å². The molecule has 0 spiro atoms. The summed E-state index contributed by atoms with van der Waals surface area (Å²) in [6, 6.07) is 3.16. The topological polar surface area (TPSA) is 141 Å². The van der Waals surface area contributed by atoms with Crippen molar-refractivity contribution in [3.8, 4) is 5.75 Å². The van der Waals surface area contributed by atoms with Crippen LogP contribution >= 0.6 is 27.7 Å². The van der Waals surface area contributed by atoms with Gasteiger partial charge in [0.25, 0.3) is 0 Å². The molecule has 9 nitrogen and oxygen atoms in total. The lowest BCUT2D eigenvalue weighted by Crippen LogP contribution is -2.33. The molecule has 0 aliphatic carbocycles. The van der Waals surface area contributed by atoms with E-state index in [2.05, 4.69) is 31.4 Å². The highest BCUT2D eigenvalue weighted by molar-refractivity contribution is 9.10. The van der Waals surface area contributed by atoms with Crippen molar-refractivity contribution < 1.29 is 29.5 Å². The summed E-state index contributed by atoms with van der Waals surface area (Å²) in [6.07, 6.45) is 0.896. The van der Waals surface area contributed by atoms with Gasteiger partial charge in [0.05, 0.1) is 23.2 Å². The van der Waals surface area contributed by atoms with Gasteiger partial charge in [0, 0.05) is 5.46 Å². The Hall–Kier alpha value is -1.89. The number of aliphatic carboxylic acids is 1. The van der Waals surface area contributed by atoms with Crippen LogP contribution in [0.5, 0.6) is 5.75 Å². The quantitative estimate of drug-likeness (QED) is 0.262. The average Bonchev–Trinajstić information content (AvgIpc) is 2.88. The van der Waals surface area contributed by atoms with Crippen molar-refractivity contribution in [1.82, 2.24) is 5.32 Å². The van der Waals surface area contributed by atoms with E-state index in [4.69, 9.17) is 9.84 Å². The highest BCUT2D eigenvalue weighted by Gasteiger charge is 2.32. The number of carbonyl (C=O) groups excluding carboxylic acids is 1. The number of hydrogen-bond acceptors (Lipinski definition) is 8. The molecule has 1 heterocycles. The maximum absolute atomic E-state index is 11.6. The van der Waals surface area contributed by atoms with Gasteiger partial charge in [-0.3, -0.25) is 9.59 Å². The molecular weight excluding hydrogens is 441 g/mol. The zero-order valence-corrected chi connectivity index (χ0v) is 16.8. The smallest absolute Gasteiger partial charge is 0.490 e. The summed E-state index contributed by atoms with van der Waals surface area (Å²) in [6.45, 7) is 3.63. The third kappa shape index (κ3) is 6.06. The Balaban J connectivity index is 2.17. The van der Waals surface area contributed by atoms with Crippen molar-refractivity contribution in [3.05, 3.63) is 22.2 Å². The highest BCUT2D eigenvalue weighted by atomic mass is 79.9. The number of nitrogens with one attached hydrogen (secondary N) is 1. The molecule has 1 unspecified atom stereocenters. The normalized spacial score (nSPS) is 18.4. The van der Waals surface area contributed by atoms with Crippen molar-refractivity contribution in [2.45, 2.75) is 31.6 Å². The van der Waals surface area contributed by atoms with E-state index >= 15 is 0 Å². The minimum Gasteiger partial charge on any atom is -0.490 e. The Labute approximate surface area is 168 Å². The lowest BCUT2D eigenvalue weighted by Gasteiger charge is -2.16. The van der Waals surface area contributed by atoms with E-state index in [1.807, 2.05) is 13.8 Å². The van der Waals surface area contributed by atoms with Crippen molar-refractivity contribution in [2.75, 3.05) is 0 Å². The highest BCUT2D eigenvalue weighted by Crippen LogP contribution is 2.25. The molecule has 144 valence electrons. The summed E-state index contributed by atoms with van der Waals surface area (Å²) in [5.41, 5.74) is 0.680.